The number of fused-ring (bicyclic) bond motifs is 2. The van der Waals surface area contributed by atoms with Gasteiger partial charge in [-0.15, -0.1) is 0 Å². The van der Waals surface area contributed by atoms with Crippen LogP contribution in [-0.4, -0.2) is 190 Å². The zero-order chi connectivity index (χ0) is 62.9. The van der Waals surface area contributed by atoms with Crippen molar-refractivity contribution in [1.29, 1.82) is 0 Å². The third-order valence-corrected chi connectivity index (χ3v) is 16.5. The molecule has 5 aliphatic rings. The van der Waals surface area contributed by atoms with E-state index in [0.717, 1.165) is 57.2 Å². The van der Waals surface area contributed by atoms with Crippen LogP contribution in [0.4, 0.5) is 59.3 Å². The molecule has 5 N–H and O–H groups in total. The monoisotopic (exact) mass is 1240 g/mol. The average Bonchev–Trinajstić information content (AvgIpc) is 1.74. The predicted octanol–water partition coefficient (Wildman–Crippen LogP) is 6.41. The molecule has 30 heteroatoms. The highest BCUT2D eigenvalue weighted by molar-refractivity contribution is 5.87. The second-order valence-electron chi connectivity index (χ2n) is 23.3. The fourth-order valence-corrected chi connectivity index (χ4v) is 11.0. The number of hydrogen-bond acceptors (Lipinski definition) is 14. The van der Waals surface area contributed by atoms with Crippen LogP contribution in [0.1, 0.15) is 69.3 Å². The number of nitrogens with one attached hydrogen (secondary N) is 3. The van der Waals surface area contributed by atoms with Crippen molar-refractivity contribution in [2.75, 3.05) is 64.2 Å². The number of benzene rings is 2. The Morgan fingerprint density at radius 2 is 1.38 bits per heavy atom. The number of carbonyl (C=O) groups is 4. The fourth-order valence-electron chi connectivity index (χ4n) is 11.0. The van der Waals surface area contributed by atoms with E-state index in [9.17, 15) is 64.5 Å². The molecular weight excluding hydrogens is 1170 g/mol. The number of aliphatic hydroxyl groups excluding tert-OH is 1. The number of alkyl halides is 8. The Kier molecular flexibility index (Phi) is 19.0. The van der Waals surface area contributed by atoms with E-state index < -0.39 is 140 Å². The summed E-state index contributed by atoms with van der Waals surface area (Å²) in [5.41, 5.74) is -4.64. The van der Waals surface area contributed by atoms with Crippen LogP contribution in [0.3, 0.4) is 0 Å². The molecule has 9 rings (SSSR count). The molecule has 2 aromatic carbocycles. The van der Waals surface area contributed by atoms with Gasteiger partial charge >= 0.3 is 31.1 Å². The van der Waals surface area contributed by atoms with Gasteiger partial charge in [-0.25, -0.2) is 33.0 Å². The van der Waals surface area contributed by atoms with Gasteiger partial charge in [0.1, 0.15) is 29.5 Å². The summed E-state index contributed by atoms with van der Waals surface area (Å²) in [5, 5.41) is 31.0. The molecular formula is C57H64F10N10O10. The number of pyridine rings is 1. The Morgan fingerprint density at radius 3 is 1.89 bits per heavy atom. The molecule has 87 heavy (non-hydrogen) atoms. The van der Waals surface area contributed by atoms with Crippen LogP contribution < -0.4 is 21.0 Å². The molecule has 5 aliphatic heterocycles. The number of alkyl carbamates (subject to hydrolysis) is 1. The summed E-state index contributed by atoms with van der Waals surface area (Å²) in [7, 11) is 0. The molecule has 5 fully saturated rings. The number of hydrazine groups is 1. The van der Waals surface area contributed by atoms with Crippen LogP contribution in [-0.2, 0) is 41.5 Å². The maximum Gasteiger partial charge on any atom is 0.408 e. The number of hydrogen-bond donors (Lipinski definition) is 5. The molecule has 0 spiro atoms. The van der Waals surface area contributed by atoms with Gasteiger partial charge in [-0.3, -0.25) is 24.8 Å². The quantitative estimate of drug-likeness (QED) is 0.0345. The summed E-state index contributed by atoms with van der Waals surface area (Å²) in [6, 6.07) is 5.03. The Bertz CT molecular complexity index is 3150. The smallest absolute Gasteiger partial charge is 0.408 e. The van der Waals surface area contributed by atoms with Crippen molar-refractivity contribution >= 4 is 29.8 Å². The second-order valence-corrected chi connectivity index (χ2v) is 23.3. The van der Waals surface area contributed by atoms with E-state index in [2.05, 4.69) is 42.5 Å². The number of piperazine rings is 1. The van der Waals surface area contributed by atoms with Gasteiger partial charge < -0.3 is 44.7 Å². The third-order valence-electron chi connectivity index (χ3n) is 16.5. The minimum Gasteiger partial charge on any atom is -0.465 e. The lowest BCUT2D eigenvalue weighted by molar-refractivity contribution is -0.236. The van der Waals surface area contributed by atoms with Crippen molar-refractivity contribution in [3.63, 3.8) is 0 Å². The Morgan fingerprint density at radius 1 is 0.782 bits per heavy atom. The van der Waals surface area contributed by atoms with E-state index in [1.807, 2.05) is 17.4 Å². The Balaban J connectivity index is 1.02. The predicted molar refractivity (Wildman–Crippen MR) is 287 cm³/mol. The van der Waals surface area contributed by atoms with Gasteiger partial charge in [0.25, 0.3) is 5.91 Å². The van der Waals surface area contributed by atoms with Gasteiger partial charge in [0.2, 0.25) is 5.91 Å². The number of carboxylic acid groups (broad SMARTS) is 1. The molecule has 4 amide bonds. The summed E-state index contributed by atoms with van der Waals surface area (Å²) < 4.78 is 170. The van der Waals surface area contributed by atoms with Gasteiger partial charge in [0, 0.05) is 72.9 Å². The zero-order valence-corrected chi connectivity index (χ0v) is 47.4. The molecule has 3 unspecified atom stereocenters. The molecule has 7 heterocycles. The third kappa shape index (κ3) is 14.3. The van der Waals surface area contributed by atoms with E-state index >= 15 is 8.78 Å². The van der Waals surface area contributed by atoms with Crippen molar-refractivity contribution in [2.45, 2.75) is 127 Å². The number of aliphatic hydroxyl groups is 1. The zero-order valence-electron chi connectivity index (χ0n) is 47.4. The maximum atomic E-state index is 16.3. The first-order chi connectivity index (χ1) is 41.0. The molecule has 20 nitrogen and oxygen atoms in total. The van der Waals surface area contributed by atoms with Gasteiger partial charge in [0.05, 0.1) is 80.4 Å². The summed E-state index contributed by atoms with van der Waals surface area (Å²) in [4.78, 5) is 64.5. The number of halogens is 10. The van der Waals surface area contributed by atoms with Crippen LogP contribution in [0.25, 0.3) is 11.3 Å². The largest absolute Gasteiger partial charge is 0.465 e. The minimum absolute atomic E-state index is 0.0958. The number of rotatable bonds is 21. The molecule has 0 aliphatic carbocycles. The summed E-state index contributed by atoms with van der Waals surface area (Å²) in [6.07, 6.45) is -12.9. The first-order valence-corrected chi connectivity index (χ1v) is 27.8. The van der Waals surface area contributed by atoms with E-state index in [0.29, 0.717) is 74.1 Å². The van der Waals surface area contributed by atoms with Crippen molar-refractivity contribution < 1.29 is 92.2 Å². The van der Waals surface area contributed by atoms with Crippen LogP contribution in [0.2, 0.25) is 0 Å². The Labute approximate surface area is 492 Å². The second kappa shape index (κ2) is 25.8. The van der Waals surface area contributed by atoms with Gasteiger partial charge in [-0.05, 0) is 95.0 Å². The first kappa shape index (κ1) is 64.2. The summed E-state index contributed by atoms with van der Waals surface area (Å²) in [5.74, 6) is 0.672. The number of anilines is 1. The molecule has 6 atom stereocenters. The molecule has 0 saturated carbocycles. The van der Waals surface area contributed by atoms with E-state index in [-0.39, 0.29) is 39.6 Å². The normalized spacial score (nSPS) is 20.1. The summed E-state index contributed by atoms with van der Waals surface area (Å²) in [6.45, 7) is -1.18. The fraction of sp³-hybridized carbons (Fsp3) is 0.544. The maximum absolute atomic E-state index is 16.3. The minimum atomic E-state index is -5.32. The van der Waals surface area contributed by atoms with Gasteiger partial charge in [-0.2, -0.15) is 40.2 Å². The molecule has 0 radical (unpaired) electrons. The van der Waals surface area contributed by atoms with Crippen LogP contribution in [0.5, 0.6) is 0 Å². The van der Waals surface area contributed by atoms with Crippen molar-refractivity contribution in [2.24, 2.45) is 10.8 Å². The highest BCUT2D eigenvalue weighted by Crippen LogP contribution is 2.44. The lowest BCUT2D eigenvalue weighted by Gasteiger charge is -2.47. The summed E-state index contributed by atoms with van der Waals surface area (Å²) >= 11 is 0. The first-order valence-electron chi connectivity index (χ1n) is 27.8. The SMILES string of the molecule is CC(C)(C(NC(=O)OC1COC1)C(=O)N[C@@H](Cc1ccc(C#Cc2ccc(N3CC4CCC(C3)N4C3COC3)nc2)cc1)[C@@H](O)CN(Cc1c(F)cc(-c2ccn(C(F)F)n2)cc1F)NC(=O)[C@@H](N(C(=O)O)C1COC1)C(C)(C)C(F)(F)F)C(F)(F)F. The van der Waals surface area contributed by atoms with E-state index in [1.54, 1.807) is 18.3 Å². The highest BCUT2D eigenvalue weighted by atomic mass is 19.4. The van der Waals surface area contributed by atoms with E-state index in [1.165, 1.54) is 12.1 Å². The number of ether oxygens (including phenoxy) is 4. The van der Waals surface area contributed by atoms with Crippen LogP contribution in [0, 0.1) is 34.3 Å². The lowest BCUT2D eigenvalue weighted by atomic mass is 9.81. The number of amides is 4. The standard InChI is InChI=1S/C57H64F10N10O10/c1-54(2,56(62,63)64)47(70-52(81)87-39-29-86-30-39)49(79)69-44(17-32-8-5-31(6-9-32)7-10-33-11-14-46(68-20-33)73-21-35-12-13-36(22-73)76(35)37-25-84-26-37)45(78)24-74(23-40-41(58)18-34(19-42(40)59)43-15-16-75(71-43)51(60)61)72-50(80)48(55(3,4)57(65,66)67)77(53(82)83)38-27-85-28-38/h5-6,8-9,11,14-16,18-20,35-39,44-45,47-48,51,78H,12-13,17,21-30H2,1-4H3,(H,69,79)(H,70,81)(H,72,80)(H,82,83)/t35?,36?,44-,45-,47?,48+/m0/s1. The number of carbonyl (C=O) groups excluding carboxylic acids is 3. The molecule has 472 valence electrons. The van der Waals surface area contributed by atoms with Crippen LogP contribution in [0.15, 0.2) is 67.0 Å². The lowest BCUT2D eigenvalue weighted by Crippen LogP contribution is -2.67. The Hall–Kier alpha value is -7.30. The van der Waals surface area contributed by atoms with Crippen molar-refractivity contribution in [3.05, 3.63) is 101 Å². The van der Waals surface area contributed by atoms with Crippen LogP contribution >= 0.6 is 0 Å². The van der Waals surface area contributed by atoms with Crippen molar-refractivity contribution in [3.8, 4) is 23.1 Å². The highest BCUT2D eigenvalue weighted by Gasteiger charge is 2.60. The number of nitrogens with zero attached hydrogens (tertiary/aromatic N) is 7. The van der Waals surface area contributed by atoms with Crippen molar-refractivity contribution in [1.82, 2.24) is 45.6 Å². The average molecular weight is 1240 g/mol. The van der Waals surface area contributed by atoms with E-state index in [4.69, 9.17) is 18.9 Å². The number of aromatic nitrogens is 3. The van der Waals surface area contributed by atoms with Gasteiger partial charge in [0.15, 0.2) is 6.10 Å². The molecule has 2 bridgehead atoms. The molecule has 4 aromatic rings. The topological polar surface area (TPSA) is 225 Å². The molecule has 5 saturated heterocycles. The van der Waals surface area contributed by atoms with Gasteiger partial charge in [-0.1, -0.05) is 24.0 Å². The molecule has 2 aromatic heterocycles.